The number of fused-ring (bicyclic) bond motifs is 14. The molecule has 0 fully saturated rings. The Morgan fingerprint density at radius 3 is 0.986 bits per heavy atom. The van der Waals surface area contributed by atoms with Gasteiger partial charge in [-0.25, -0.2) is 0 Å². The number of hydrogen-bond donors (Lipinski definition) is 0. The summed E-state index contributed by atoms with van der Waals surface area (Å²) in [5.41, 5.74) is 19.2. The molecule has 4 nitrogen and oxygen atoms in total. The van der Waals surface area contributed by atoms with Gasteiger partial charge in [-0.05, 0) is 79.9 Å². The molecular formula is C70H42N4. The van der Waals surface area contributed by atoms with Crippen molar-refractivity contribution in [1.29, 1.82) is 10.5 Å². The molecule has 0 unspecified atom stereocenters. The first kappa shape index (κ1) is 41.8. The minimum Gasteiger partial charge on any atom is -0.306 e. The lowest BCUT2D eigenvalue weighted by atomic mass is 9.67. The van der Waals surface area contributed by atoms with Crippen molar-refractivity contribution in [2.75, 3.05) is 0 Å². The second-order valence-electron chi connectivity index (χ2n) is 19.6. The van der Waals surface area contributed by atoms with Crippen LogP contribution < -0.4 is 0 Å². The molecule has 0 bridgehead atoms. The third-order valence-electron chi connectivity index (χ3n) is 16.3. The molecule has 11 aromatic carbocycles. The van der Waals surface area contributed by atoms with E-state index in [1.54, 1.807) is 0 Å². The van der Waals surface area contributed by atoms with Crippen molar-refractivity contribution in [3.63, 3.8) is 0 Å². The predicted octanol–water partition coefficient (Wildman–Crippen LogP) is 16.4. The molecular weight excluding hydrogens is 897 g/mol. The average Bonchev–Trinajstić information content (AvgIpc) is 4.32. The first-order chi connectivity index (χ1) is 36.7. The van der Waals surface area contributed by atoms with Gasteiger partial charge in [0, 0.05) is 32.7 Å². The maximum atomic E-state index is 11.1. The molecule has 15 rings (SSSR count). The predicted molar refractivity (Wildman–Crippen MR) is 299 cm³/mol. The maximum Gasteiger partial charge on any atom is 0.101 e. The molecule has 0 amide bonds. The van der Waals surface area contributed by atoms with Gasteiger partial charge in [0.15, 0.2) is 0 Å². The van der Waals surface area contributed by atoms with E-state index in [0.29, 0.717) is 11.1 Å². The van der Waals surface area contributed by atoms with Gasteiger partial charge in [0.25, 0.3) is 0 Å². The van der Waals surface area contributed by atoms with Gasteiger partial charge in [-0.15, -0.1) is 0 Å². The summed E-state index contributed by atoms with van der Waals surface area (Å²) in [6.07, 6.45) is 0. The van der Waals surface area contributed by atoms with Crippen LogP contribution in [0.2, 0.25) is 0 Å². The van der Waals surface area contributed by atoms with Gasteiger partial charge >= 0.3 is 0 Å². The number of aromatic nitrogens is 2. The zero-order chi connectivity index (χ0) is 49.1. The van der Waals surface area contributed by atoms with Crippen LogP contribution in [0.1, 0.15) is 55.6 Å². The summed E-state index contributed by atoms with van der Waals surface area (Å²) in [7, 11) is 0. The number of para-hydroxylation sites is 2. The van der Waals surface area contributed by atoms with E-state index in [-0.39, 0.29) is 0 Å². The number of benzene rings is 11. The van der Waals surface area contributed by atoms with Gasteiger partial charge in [-0.2, -0.15) is 10.5 Å². The van der Waals surface area contributed by atoms with E-state index >= 15 is 0 Å². The molecule has 0 N–H and O–H groups in total. The number of rotatable bonds is 6. The zero-order valence-electron chi connectivity index (χ0n) is 40.0. The highest BCUT2D eigenvalue weighted by atomic mass is 15.1. The van der Waals surface area contributed by atoms with Gasteiger partial charge < -0.3 is 9.13 Å². The largest absolute Gasteiger partial charge is 0.306 e. The minimum absolute atomic E-state index is 0.316. The fourth-order valence-corrected chi connectivity index (χ4v) is 13.6. The standard InChI is InChI=1S/C70H42N4/c71-43-45-41-63(73-61-35-19-15-29-51(61)53-37-39-59-65(67(53)73)55-31-13-17-33-57(55)69(59,47-21-5-1-6-22-47)48-23-7-2-8-24-48)64(42-46(45)44-72)74-62-36-20-16-30-52(62)54-38-40-60-66(68(54)74)56-32-14-18-34-58(56)70(60,49-25-9-3-10-26-49)50-27-11-4-12-28-50/h1-42H. The Kier molecular flexibility index (Phi) is 8.89. The molecule has 2 aliphatic rings. The van der Waals surface area contributed by atoms with Gasteiger partial charge in [-0.3, -0.25) is 0 Å². The summed E-state index contributed by atoms with van der Waals surface area (Å²) in [4.78, 5) is 0. The molecule has 0 aliphatic heterocycles. The number of nitrogens with zero attached hydrogens (tertiary/aromatic N) is 4. The van der Waals surface area contributed by atoms with Crippen LogP contribution in [0.3, 0.4) is 0 Å². The Morgan fingerprint density at radius 2 is 0.622 bits per heavy atom. The van der Waals surface area contributed by atoms with Crippen LogP contribution in [-0.4, -0.2) is 9.13 Å². The average molecular weight is 939 g/mol. The van der Waals surface area contributed by atoms with Crippen molar-refractivity contribution in [3.8, 4) is 45.8 Å². The zero-order valence-corrected chi connectivity index (χ0v) is 40.0. The van der Waals surface area contributed by atoms with E-state index in [4.69, 9.17) is 0 Å². The lowest BCUT2D eigenvalue weighted by Crippen LogP contribution is -2.28. The SMILES string of the molecule is N#Cc1cc(-n2c3ccccc3c3ccc4c(c32)-c2ccccc2C4(c2ccccc2)c2ccccc2)c(-n2c3ccccc3c3ccc4c(c32)-c2ccccc2C4(c2ccccc2)c2ccccc2)cc1C#N. The third kappa shape index (κ3) is 5.33. The Balaban J connectivity index is 1.13. The first-order valence-electron chi connectivity index (χ1n) is 25.2. The van der Waals surface area contributed by atoms with Crippen LogP contribution in [0.25, 0.3) is 77.2 Å². The third-order valence-corrected chi connectivity index (χ3v) is 16.3. The van der Waals surface area contributed by atoms with Crippen LogP contribution in [0, 0.1) is 22.7 Å². The topological polar surface area (TPSA) is 57.4 Å². The van der Waals surface area contributed by atoms with Crippen LogP contribution in [0.5, 0.6) is 0 Å². The smallest absolute Gasteiger partial charge is 0.101 e. The molecule has 342 valence electrons. The van der Waals surface area contributed by atoms with Crippen molar-refractivity contribution in [3.05, 3.63) is 310 Å². The fourth-order valence-electron chi connectivity index (χ4n) is 13.6. The summed E-state index contributed by atoms with van der Waals surface area (Å²) in [6, 6.07) is 97.0. The van der Waals surface area contributed by atoms with E-state index in [2.05, 4.69) is 264 Å². The maximum absolute atomic E-state index is 11.1. The molecule has 2 aliphatic carbocycles. The van der Waals surface area contributed by atoms with Crippen molar-refractivity contribution in [2.45, 2.75) is 10.8 Å². The number of nitriles is 2. The van der Waals surface area contributed by atoms with Crippen molar-refractivity contribution < 1.29 is 0 Å². The monoisotopic (exact) mass is 938 g/mol. The van der Waals surface area contributed by atoms with Crippen LogP contribution in [0.15, 0.2) is 255 Å². The molecule has 13 aromatic rings. The Hall–Kier alpha value is -10.0. The van der Waals surface area contributed by atoms with E-state index in [9.17, 15) is 10.5 Å². The lowest BCUT2D eigenvalue weighted by Gasteiger charge is -2.34. The summed E-state index contributed by atoms with van der Waals surface area (Å²) in [5.74, 6) is 0. The van der Waals surface area contributed by atoms with Crippen molar-refractivity contribution >= 4 is 43.6 Å². The summed E-state index contributed by atoms with van der Waals surface area (Å²) in [6.45, 7) is 0. The second-order valence-corrected chi connectivity index (χ2v) is 19.6. The minimum atomic E-state index is -0.639. The molecule has 2 aromatic heterocycles. The molecule has 0 saturated heterocycles. The van der Waals surface area contributed by atoms with E-state index < -0.39 is 10.8 Å². The Bertz CT molecular complexity index is 4180. The molecule has 0 atom stereocenters. The quantitative estimate of drug-likeness (QED) is 0.167. The van der Waals surface area contributed by atoms with E-state index in [1.807, 2.05) is 12.1 Å². The van der Waals surface area contributed by atoms with Crippen LogP contribution in [-0.2, 0) is 10.8 Å². The molecule has 4 heteroatoms. The Morgan fingerprint density at radius 1 is 0.297 bits per heavy atom. The highest BCUT2D eigenvalue weighted by Crippen LogP contribution is 2.61. The Labute approximate surface area is 428 Å². The van der Waals surface area contributed by atoms with Gasteiger partial charge in [0.2, 0.25) is 0 Å². The van der Waals surface area contributed by atoms with Gasteiger partial charge in [0.05, 0.1) is 55.4 Å². The van der Waals surface area contributed by atoms with E-state index in [1.165, 1.54) is 44.5 Å². The molecule has 0 spiro atoms. The lowest BCUT2D eigenvalue weighted by molar-refractivity contribution is 0.769. The second kappa shape index (κ2) is 15.8. The number of hydrogen-bond acceptors (Lipinski definition) is 2. The highest BCUT2D eigenvalue weighted by Gasteiger charge is 2.49. The molecule has 0 saturated carbocycles. The molecule has 74 heavy (non-hydrogen) atoms. The van der Waals surface area contributed by atoms with Gasteiger partial charge in [0.1, 0.15) is 12.1 Å². The molecule has 0 radical (unpaired) electrons. The van der Waals surface area contributed by atoms with Crippen LogP contribution >= 0.6 is 0 Å². The van der Waals surface area contributed by atoms with Crippen molar-refractivity contribution in [2.24, 2.45) is 0 Å². The van der Waals surface area contributed by atoms with E-state index in [0.717, 1.165) is 77.2 Å². The highest BCUT2D eigenvalue weighted by molar-refractivity contribution is 6.18. The molecule has 2 heterocycles. The van der Waals surface area contributed by atoms with Crippen LogP contribution in [0.4, 0.5) is 0 Å². The normalized spacial score (nSPS) is 13.6. The summed E-state index contributed by atoms with van der Waals surface area (Å²) < 4.78 is 4.80. The first-order valence-corrected chi connectivity index (χ1v) is 25.2. The summed E-state index contributed by atoms with van der Waals surface area (Å²) in [5, 5.41) is 26.5. The fraction of sp³-hybridized carbons (Fsp3) is 0.0286. The summed E-state index contributed by atoms with van der Waals surface area (Å²) >= 11 is 0. The van der Waals surface area contributed by atoms with Gasteiger partial charge in [-0.1, -0.05) is 231 Å². The van der Waals surface area contributed by atoms with Crippen molar-refractivity contribution in [1.82, 2.24) is 9.13 Å².